The van der Waals surface area contributed by atoms with Crippen LogP contribution in [0.15, 0.2) is 29.6 Å². The third-order valence-electron chi connectivity index (χ3n) is 4.78. The molecule has 1 N–H and O–H groups in total. The van der Waals surface area contributed by atoms with Crippen molar-refractivity contribution in [3.8, 4) is 5.75 Å². The summed E-state index contributed by atoms with van der Waals surface area (Å²) in [7, 11) is 0. The van der Waals surface area contributed by atoms with Crippen molar-refractivity contribution in [2.45, 2.75) is 52.8 Å². The fourth-order valence-electron chi connectivity index (χ4n) is 3.31. The van der Waals surface area contributed by atoms with Crippen LogP contribution in [0.5, 0.6) is 5.75 Å². The molecule has 0 spiro atoms. The molecule has 0 aliphatic carbocycles. The van der Waals surface area contributed by atoms with Gasteiger partial charge in [0, 0.05) is 28.8 Å². The maximum absolute atomic E-state index is 12.7. The number of hydrogen-bond acceptors (Lipinski definition) is 5. The number of nitrogens with one attached hydrogen (secondary N) is 1. The van der Waals surface area contributed by atoms with Gasteiger partial charge in [-0.05, 0) is 25.5 Å². The second-order valence-electron chi connectivity index (χ2n) is 6.55. The summed E-state index contributed by atoms with van der Waals surface area (Å²) in [6.07, 6.45) is 0.635. The van der Waals surface area contributed by atoms with E-state index >= 15 is 0 Å². The van der Waals surface area contributed by atoms with Gasteiger partial charge < -0.3 is 17.1 Å². The Bertz CT molecular complexity index is 895. The first kappa shape index (κ1) is 24.4. The van der Waals surface area contributed by atoms with Crippen LogP contribution in [-0.2, 0) is 22.7 Å². The van der Waals surface area contributed by atoms with Crippen LogP contribution in [0.4, 0.5) is 0 Å². The molecule has 1 aromatic carbocycles. The molecular weight excluding hydrogens is 639 g/mol. The molecule has 0 saturated carbocycles. The van der Waals surface area contributed by atoms with E-state index in [0.717, 1.165) is 16.2 Å². The number of aryl methyl sites for hydroxylation is 1. The van der Waals surface area contributed by atoms with E-state index in [1.807, 2.05) is 50.4 Å². The summed E-state index contributed by atoms with van der Waals surface area (Å²) in [5.74, 6) is -0.0309. The van der Waals surface area contributed by atoms with Crippen molar-refractivity contribution >= 4 is 29.1 Å². The predicted octanol–water partition coefficient (Wildman–Crippen LogP) is 3.87. The number of amides is 3. The van der Waals surface area contributed by atoms with Gasteiger partial charge in [0.05, 0.1) is 5.56 Å². The van der Waals surface area contributed by atoms with Crippen LogP contribution in [0.1, 0.15) is 53.1 Å². The normalized spacial score (nSPS) is 17.1. The van der Waals surface area contributed by atoms with Crippen LogP contribution in [0.2, 0.25) is 0 Å². The van der Waals surface area contributed by atoms with E-state index in [0.29, 0.717) is 25.1 Å². The van der Waals surface area contributed by atoms with Crippen LogP contribution in [0.3, 0.4) is 0 Å². The topological polar surface area (TPSA) is 75.7 Å². The minimum absolute atomic E-state index is 0. The van der Waals surface area contributed by atoms with Crippen LogP contribution in [0, 0.1) is 14.4 Å². The minimum atomic E-state index is -0.580. The molecule has 2 aliphatic heterocycles. The summed E-state index contributed by atoms with van der Waals surface area (Å²) in [5, 5.41) is 4.15. The summed E-state index contributed by atoms with van der Waals surface area (Å²) < 4.78 is 5.84. The second kappa shape index (κ2) is 10.2. The van der Waals surface area contributed by atoms with Crippen molar-refractivity contribution < 1.29 is 19.1 Å². The van der Waals surface area contributed by atoms with E-state index in [-0.39, 0.29) is 31.6 Å². The molecule has 0 radical (unpaired) electrons. The number of nitrogens with zero attached hydrogens (tertiary/aromatic N) is 1. The fourth-order valence-corrected chi connectivity index (χ4v) is 4.25. The zero-order valence-electron chi connectivity index (χ0n) is 17.6. The molecule has 3 amide bonds. The summed E-state index contributed by atoms with van der Waals surface area (Å²) in [5.41, 5.74) is 2.74. The van der Waals surface area contributed by atoms with Crippen molar-refractivity contribution in [3.63, 3.8) is 0 Å². The van der Waals surface area contributed by atoms with E-state index in [1.165, 1.54) is 16.9 Å². The molecule has 30 heavy (non-hydrogen) atoms. The first-order valence-corrected chi connectivity index (χ1v) is 10.3. The predicted molar refractivity (Wildman–Crippen MR) is 114 cm³/mol. The van der Waals surface area contributed by atoms with Gasteiger partial charge in [0.15, 0.2) is 0 Å². The Morgan fingerprint density at radius 2 is 1.83 bits per heavy atom. The third-order valence-corrected chi connectivity index (χ3v) is 5.78. The SMILES string of the molecule is CC.Cc1ccc(OCc2scc3c2CN(C2CCC(=O)NC2=O)C3=O)cc1.[CH3-].[Cf]. The number of carbonyl (C=O) groups is 3. The average Bonchev–Trinajstić information content (AvgIpc) is 3.23. The molecule has 166 valence electrons. The quantitative estimate of drug-likeness (QED) is 0.398. The van der Waals surface area contributed by atoms with Crippen molar-refractivity contribution in [2.24, 2.45) is 0 Å². The number of hydrogen-bond donors (Lipinski definition) is 1. The van der Waals surface area contributed by atoms with Crippen molar-refractivity contribution in [1.29, 1.82) is 0 Å². The Morgan fingerprint density at radius 1 is 1.17 bits per heavy atom. The maximum atomic E-state index is 12.7. The average molecular weight is 667 g/mol. The third kappa shape index (κ3) is 4.66. The van der Waals surface area contributed by atoms with Crippen LogP contribution >= 0.6 is 11.3 Å². The van der Waals surface area contributed by atoms with E-state index in [4.69, 9.17) is 4.74 Å². The van der Waals surface area contributed by atoms with Gasteiger partial charge in [-0.25, -0.2) is 0 Å². The van der Waals surface area contributed by atoms with Crippen molar-refractivity contribution in [3.05, 3.63) is 58.6 Å². The number of thiophene rings is 1. The summed E-state index contributed by atoms with van der Waals surface area (Å²) in [6.45, 7) is 6.79. The zero-order valence-corrected chi connectivity index (χ0v) is 21.0. The number of piperidine rings is 1. The molecule has 1 fully saturated rings. The van der Waals surface area contributed by atoms with Gasteiger partial charge in [0.25, 0.3) is 5.91 Å². The summed E-state index contributed by atoms with van der Waals surface area (Å²) in [4.78, 5) is 38.6. The van der Waals surface area contributed by atoms with Crippen LogP contribution in [0.25, 0.3) is 0 Å². The number of imide groups is 1. The monoisotopic (exact) mass is 664 g/mol. The Kier molecular flexibility index (Phi) is 8.29. The van der Waals surface area contributed by atoms with Gasteiger partial charge in [-0.1, -0.05) is 31.5 Å². The Hall–Kier alpha value is -3.67. The Labute approximate surface area is 175 Å². The Morgan fingerprint density at radius 3 is 2.47 bits per heavy atom. The summed E-state index contributed by atoms with van der Waals surface area (Å²) >= 11 is 1.50. The van der Waals surface area contributed by atoms with E-state index in [2.05, 4.69) is 5.32 Å². The van der Waals surface area contributed by atoms with Gasteiger partial charge in [-0.2, -0.15) is 0 Å². The van der Waals surface area contributed by atoms with Crippen LogP contribution in [-0.4, -0.2) is 28.7 Å². The van der Waals surface area contributed by atoms with E-state index in [1.54, 1.807) is 4.90 Å². The molecule has 1 aromatic heterocycles. The standard InChI is InChI=1S/C19H18N2O4S.C2H6.CH3.Cf/c1-11-2-4-12(5-3-11)25-9-16-13-8-21(19(24)14(13)10-26-16)15-6-7-17(22)20-18(15)23;1-2;;/h2-5,10,15H,6-9H2,1H3,(H,20,22,23);1-2H3;1H3;/q;;-1;. The number of ether oxygens (including phenoxy) is 1. The molecule has 1 atom stereocenters. The molecule has 4 rings (SSSR count). The van der Waals surface area contributed by atoms with Crippen molar-refractivity contribution in [2.75, 3.05) is 0 Å². The second-order valence-corrected chi connectivity index (χ2v) is 7.52. The van der Waals surface area contributed by atoms with Gasteiger partial charge >= 0.3 is 0 Å². The van der Waals surface area contributed by atoms with Crippen LogP contribution < -0.4 is 10.1 Å². The maximum Gasteiger partial charge on any atom is 0.256 e. The molecule has 1 saturated heterocycles. The molecular formula is C22H27CfN2O4S-. The van der Waals surface area contributed by atoms with Gasteiger partial charge in [-0.3, -0.25) is 19.7 Å². The molecule has 2 aliphatic rings. The zero-order chi connectivity index (χ0) is 20.3. The Balaban J connectivity index is 0.00000109. The number of benzene rings is 1. The summed E-state index contributed by atoms with van der Waals surface area (Å²) in [6, 6.07) is 7.24. The molecule has 3 heterocycles. The smallest absolute Gasteiger partial charge is 0.256 e. The number of fused-ring (bicyclic) bond motifs is 1. The molecule has 1 unspecified atom stereocenters. The van der Waals surface area contributed by atoms with Gasteiger partial charge in [0.2, 0.25) is 11.8 Å². The largest absolute Gasteiger partial charge is 0.488 e. The molecule has 2 aromatic rings. The fraction of sp³-hybridized carbons (Fsp3) is 0.364. The number of rotatable bonds is 4. The van der Waals surface area contributed by atoms with Gasteiger partial charge in [0.1, 0.15) is 18.4 Å². The first-order valence-electron chi connectivity index (χ1n) is 9.46. The molecule has 8 heteroatoms. The van der Waals surface area contributed by atoms with Crippen molar-refractivity contribution in [1.82, 2.24) is 10.2 Å². The first-order chi connectivity index (χ1) is 13.5. The molecule has 0 bridgehead atoms. The van der Waals surface area contributed by atoms with E-state index < -0.39 is 6.04 Å². The van der Waals surface area contributed by atoms with Gasteiger partial charge in [-0.15, -0.1) is 11.3 Å². The molecule has 6 nitrogen and oxygen atoms in total. The number of carbonyl (C=O) groups excluding carboxylic acids is 3. The minimum Gasteiger partial charge on any atom is -0.488 e. The van der Waals surface area contributed by atoms with E-state index in [9.17, 15) is 14.4 Å².